The average Bonchev–Trinajstić information content (AvgIpc) is 2.37. The third-order valence-corrected chi connectivity index (χ3v) is 4.40. The van der Waals surface area contributed by atoms with E-state index in [1.165, 1.54) is 0 Å². The molecule has 0 saturated carbocycles. The van der Waals surface area contributed by atoms with Crippen molar-refractivity contribution >= 4 is 35.0 Å². The minimum absolute atomic E-state index is 0.0510. The first kappa shape index (κ1) is 13.8. The molecule has 0 saturated heterocycles. The molecule has 2 rings (SSSR count). The fourth-order valence-electron chi connectivity index (χ4n) is 1.57. The number of nitrogens with two attached hydrogens (primary N) is 1. The zero-order valence-corrected chi connectivity index (χ0v) is 12.0. The maximum Gasteiger partial charge on any atom is 0.0541 e. The van der Waals surface area contributed by atoms with Crippen LogP contribution in [-0.4, -0.2) is 5.75 Å². The molecular formula is C14H13Cl2NS. The molecule has 4 heteroatoms. The first-order chi connectivity index (χ1) is 8.66. The van der Waals surface area contributed by atoms with Crippen LogP contribution in [-0.2, 0) is 0 Å². The van der Waals surface area contributed by atoms with Gasteiger partial charge in [0.05, 0.1) is 5.02 Å². The van der Waals surface area contributed by atoms with E-state index in [1.54, 1.807) is 11.8 Å². The van der Waals surface area contributed by atoms with Crippen LogP contribution in [0, 0.1) is 0 Å². The van der Waals surface area contributed by atoms with Gasteiger partial charge in [-0.15, -0.1) is 11.8 Å². The second kappa shape index (κ2) is 6.48. The summed E-state index contributed by atoms with van der Waals surface area (Å²) in [6.45, 7) is 0. The standard InChI is InChI=1S/C14H13Cl2NS/c15-11-5-3-4-10(8-11)13(17)9-18-14-7-2-1-6-12(14)16/h1-8,13H,9,17H2. The number of thioether (sulfide) groups is 1. The quantitative estimate of drug-likeness (QED) is 0.822. The summed E-state index contributed by atoms with van der Waals surface area (Å²) in [4.78, 5) is 1.05. The Labute approximate surface area is 121 Å². The summed E-state index contributed by atoms with van der Waals surface area (Å²) in [5, 5.41) is 1.48. The van der Waals surface area contributed by atoms with Gasteiger partial charge in [-0.3, -0.25) is 0 Å². The van der Waals surface area contributed by atoms with Gasteiger partial charge in [0.2, 0.25) is 0 Å². The van der Waals surface area contributed by atoms with Gasteiger partial charge < -0.3 is 5.73 Å². The molecule has 0 aliphatic heterocycles. The summed E-state index contributed by atoms with van der Waals surface area (Å²) in [7, 11) is 0. The van der Waals surface area contributed by atoms with E-state index in [9.17, 15) is 0 Å². The van der Waals surface area contributed by atoms with Gasteiger partial charge in [-0.05, 0) is 29.8 Å². The van der Waals surface area contributed by atoms with Gasteiger partial charge in [-0.1, -0.05) is 47.5 Å². The number of rotatable bonds is 4. The highest BCUT2D eigenvalue weighted by molar-refractivity contribution is 7.99. The molecule has 18 heavy (non-hydrogen) atoms. The Bertz CT molecular complexity index is 531. The SMILES string of the molecule is NC(CSc1ccccc1Cl)c1cccc(Cl)c1. The minimum Gasteiger partial charge on any atom is -0.323 e. The minimum atomic E-state index is -0.0510. The van der Waals surface area contributed by atoms with Gasteiger partial charge in [0.15, 0.2) is 0 Å². The van der Waals surface area contributed by atoms with E-state index in [-0.39, 0.29) is 6.04 Å². The lowest BCUT2D eigenvalue weighted by Crippen LogP contribution is -2.12. The van der Waals surface area contributed by atoms with Gasteiger partial charge >= 0.3 is 0 Å². The third-order valence-electron chi connectivity index (χ3n) is 2.53. The zero-order chi connectivity index (χ0) is 13.0. The summed E-state index contributed by atoms with van der Waals surface area (Å²) < 4.78 is 0. The molecule has 1 unspecified atom stereocenters. The van der Waals surface area contributed by atoms with E-state index in [2.05, 4.69) is 0 Å². The Morgan fingerprint density at radius 2 is 1.83 bits per heavy atom. The van der Waals surface area contributed by atoms with E-state index in [0.717, 1.165) is 21.2 Å². The van der Waals surface area contributed by atoms with Crippen LogP contribution < -0.4 is 5.73 Å². The molecule has 2 aromatic carbocycles. The summed E-state index contributed by atoms with van der Waals surface area (Å²) in [6.07, 6.45) is 0. The Morgan fingerprint density at radius 1 is 1.06 bits per heavy atom. The number of halogens is 2. The Balaban J connectivity index is 2.00. The van der Waals surface area contributed by atoms with E-state index in [0.29, 0.717) is 5.02 Å². The van der Waals surface area contributed by atoms with Gasteiger partial charge in [0.25, 0.3) is 0 Å². The average molecular weight is 298 g/mol. The molecule has 1 atom stereocenters. The Hall–Kier alpha value is -0.670. The molecule has 0 aliphatic rings. The molecule has 0 spiro atoms. The molecule has 0 fully saturated rings. The van der Waals surface area contributed by atoms with Gasteiger partial charge in [-0.2, -0.15) is 0 Å². The van der Waals surface area contributed by atoms with Crippen molar-refractivity contribution in [2.24, 2.45) is 5.73 Å². The normalized spacial score (nSPS) is 12.4. The summed E-state index contributed by atoms with van der Waals surface area (Å²) in [6, 6.07) is 15.4. The molecule has 0 aromatic heterocycles. The van der Waals surface area contributed by atoms with E-state index < -0.39 is 0 Å². The van der Waals surface area contributed by atoms with Gasteiger partial charge in [0.1, 0.15) is 0 Å². The second-order valence-corrected chi connectivity index (χ2v) is 5.81. The highest BCUT2D eigenvalue weighted by Gasteiger charge is 2.08. The van der Waals surface area contributed by atoms with Crippen molar-refractivity contribution in [2.45, 2.75) is 10.9 Å². The molecule has 0 bridgehead atoms. The largest absolute Gasteiger partial charge is 0.323 e. The lowest BCUT2D eigenvalue weighted by molar-refractivity contribution is 0.831. The second-order valence-electron chi connectivity index (χ2n) is 3.90. The molecule has 0 heterocycles. The predicted molar refractivity (Wildman–Crippen MR) is 80.6 cm³/mol. The van der Waals surface area contributed by atoms with Crippen LogP contribution in [0.2, 0.25) is 10.0 Å². The number of benzene rings is 2. The van der Waals surface area contributed by atoms with Crippen molar-refractivity contribution in [1.82, 2.24) is 0 Å². The van der Waals surface area contributed by atoms with E-state index in [4.69, 9.17) is 28.9 Å². The first-order valence-electron chi connectivity index (χ1n) is 5.55. The fraction of sp³-hybridized carbons (Fsp3) is 0.143. The number of hydrogen-bond acceptors (Lipinski definition) is 2. The molecular weight excluding hydrogens is 285 g/mol. The van der Waals surface area contributed by atoms with Crippen molar-refractivity contribution in [1.29, 1.82) is 0 Å². The van der Waals surface area contributed by atoms with Crippen molar-refractivity contribution in [3.8, 4) is 0 Å². The van der Waals surface area contributed by atoms with Crippen molar-refractivity contribution in [3.63, 3.8) is 0 Å². The molecule has 0 radical (unpaired) electrons. The maximum atomic E-state index is 6.14. The van der Waals surface area contributed by atoms with E-state index >= 15 is 0 Å². The molecule has 2 aromatic rings. The molecule has 0 amide bonds. The molecule has 1 nitrogen and oxygen atoms in total. The van der Waals surface area contributed by atoms with Crippen LogP contribution in [0.5, 0.6) is 0 Å². The Morgan fingerprint density at radius 3 is 2.56 bits per heavy atom. The Kier molecular flexibility index (Phi) is 4.95. The van der Waals surface area contributed by atoms with Crippen LogP contribution in [0.4, 0.5) is 0 Å². The van der Waals surface area contributed by atoms with Gasteiger partial charge in [0, 0.05) is 21.7 Å². The maximum absolute atomic E-state index is 6.14. The lowest BCUT2D eigenvalue weighted by Gasteiger charge is -2.12. The topological polar surface area (TPSA) is 26.0 Å². The predicted octanol–water partition coefficient (Wildman–Crippen LogP) is 4.79. The van der Waals surface area contributed by atoms with E-state index in [1.807, 2.05) is 48.5 Å². The summed E-state index contributed by atoms with van der Waals surface area (Å²) >= 11 is 13.7. The van der Waals surface area contributed by atoms with Crippen LogP contribution in [0.3, 0.4) is 0 Å². The third kappa shape index (κ3) is 3.66. The zero-order valence-electron chi connectivity index (χ0n) is 9.64. The summed E-state index contributed by atoms with van der Waals surface area (Å²) in [5.74, 6) is 0.768. The number of hydrogen-bond donors (Lipinski definition) is 1. The fourth-order valence-corrected chi connectivity index (χ4v) is 3.01. The highest BCUT2D eigenvalue weighted by Crippen LogP contribution is 2.29. The van der Waals surface area contributed by atoms with Crippen molar-refractivity contribution in [3.05, 3.63) is 64.1 Å². The summed E-state index contributed by atoms with van der Waals surface area (Å²) in [5.41, 5.74) is 7.18. The molecule has 94 valence electrons. The van der Waals surface area contributed by atoms with Crippen molar-refractivity contribution in [2.75, 3.05) is 5.75 Å². The van der Waals surface area contributed by atoms with Crippen LogP contribution in [0.15, 0.2) is 53.4 Å². The highest BCUT2D eigenvalue weighted by atomic mass is 35.5. The van der Waals surface area contributed by atoms with Crippen LogP contribution in [0.1, 0.15) is 11.6 Å². The smallest absolute Gasteiger partial charge is 0.0541 e. The molecule has 0 aliphatic carbocycles. The van der Waals surface area contributed by atoms with Crippen LogP contribution >= 0.6 is 35.0 Å². The monoisotopic (exact) mass is 297 g/mol. The van der Waals surface area contributed by atoms with Gasteiger partial charge in [-0.25, -0.2) is 0 Å². The lowest BCUT2D eigenvalue weighted by atomic mass is 10.1. The van der Waals surface area contributed by atoms with Crippen molar-refractivity contribution < 1.29 is 0 Å². The molecule has 2 N–H and O–H groups in total. The van der Waals surface area contributed by atoms with Crippen LogP contribution in [0.25, 0.3) is 0 Å². The first-order valence-corrected chi connectivity index (χ1v) is 7.29.